The molecule has 0 spiro atoms. The van der Waals surface area contributed by atoms with Gasteiger partial charge in [0.15, 0.2) is 17.8 Å². The molecule has 5 rings (SSSR count). The number of aliphatic hydroxyl groups is 1. The van der Waals surface area contributed by atoms with E-state index < -0.39 is 46.1 Å². The molecule has 2 fully saturated rings. The van der Waals surface area contributed by atoms with Crippen LogP contribution in [-0.2, 0) is 35.4 Å². The molecule has 0 aromatic heterocycles. The van der Waals surface area contributed by atoms with Crippen molar-refractivity contribution in [2.24, 2.45) is 17.1 Å². The van der Waals surface area contributed by atoms with Crippen molar-refractivity contribution in [3.8, 4) is 11.5 Å². The zero-order chi connectivity index (χ0) is 35.0. The molecule has 2 amide bonds. The lowest BCUT2D eigenvalue weighted by Gasteiger charge is -2.35. The van der Waals surface area contributed by atoms with Crippen LogP contribution >= 0.6 is 0 Å². The second-order valence-corrected chi connectivity index (χ2v) is 15.4. The normalized spacial score (nSPS) is 21.3. The molecule has 14 nitrogen and oxygen atoms in total. The van der Waals surface area contributed by atoms with Crippen molar-refractivity contribution in [2.75, 3.05) is 46.2 Å². The van der Waals surface area contributed by atoms with Crippen LogP contribution in [0.5, 0.6) is 11.5 Å². The van der Waals surface area contributed by atoms with Gasteiger partial charge in [-0.25, -0.2) is 13.2 Å². The van der Waals surface area contributed by atoms with E-state index in [9.17, 15) is 23.1 Å². The Kier molecular flexibility index (Phi) is 12.4. The molecule has 2 saturated heterocycles. The van der Waals surface area contributed by atoms with Gasteiger partial charge in [0, 0.05) is 25.7 Å². The van der Waals surface area contributed by atoms with Crippen molar-refractivity contribution in [2.45, 2.75) is 75.4 Å². The molecule has 0 aliphatic carbocycles. The average molecular weight is 705 g/mol. The fraction of sp³-hybridized carbons (Fsp3) is 0.588. The van der Waals surface area contributed by atoms with Crippen molar-refractivity contribution in [1.29, 1.82) is 0 Å². The predicted molar refractivity (Wildman–Crippen MR) is 178 cm³/mol. The standard InChI is InChI=1S/C34H48N4O10S/c1-34(2,13-6-7-14-36-31(40)18-35)21-38(49(42,43)24-10-11-28-29(17-24)47-22-46-28)19-27(39)26(16-23-8-4-3-5-9-23)37-33(41)48-30-20-45-32-25(30)12-15-44-32/h3-5,8-11,17,25-27,30,32,39H,6-7,12-16,18-22,35H2,1-2H3,(H,36,40)(H,37,41)/t25-,26-,27+,30+,32+/m0/s1. The summed E-state index contributed by atoms with van der Waals surface area (Å²) in [5.74, 6) is 0.466. The second-order valence-electron chi connectivity index (χ2n) is 13.5. The van der Waals surface area contributed by atoms with E-state index in [-0.39, 0.29) is 56.2 Å². The van der Waals surface area contributed by atoms with Gasteiger partial charge in [0.2, 0.25) is 22.7 Å². The minimum Gasteiger partial charge on any atom is -0.454 e. The van der Waals surface area contributed by atoms with E-state index in [0.717, 1.165) is 12.0 Å². The average Bonchev–Trinajstić information content (AvgIpc) is 3.83. The number of nitrogens with zero attached hydrogens (tertiary/aromatic N) is 1. The lowest BCUT2D eigenvalue weighted by Crippen LogP contribution is -2.52. The third kappa shape index (κ3) is 9.83. The quantitative estimate of drug-likeness (QED) is 0.177. The first kappa shape index (κ1) is 36.8. The minimum absolute atomic E-state index is 0.00852. The highest BCUT2D eigenvalue weighted by Crippen LogP contribution is 2.36. The number of sulfonamides is 1. The number of rotatable bonds is 17. The van der Waals surface area contributed by atoms with E-state index in [0.29, 0.717) is 43.9 Å². The van der Waals surface area contributed by atoms with Gasteiger partial charge in [0.05, 0.1) is 42.7 Å². The van der Waals surface area contributed by atoms with E-state index in [4.69, 9.17) is 29.4 Å². The molecule has 5 atom stereocenters. The molecule has 3 heterocycles. The van der Waals surface area contributed by atoms with Gasteiger partial charge < -0.3 is 45.2 Å². The Hall–Kier alpha value is -3.47. The number of aliphatic hydroxyl groups excluding tert-OH is 1. The number of alkyl carbamates (subject to hydrolysis) is 1. The minimum atomic E-state index is -4.17. The van der Waals surface area contributed by atoms with Crippen molar-refractivity contribution in [1.82, 2.24) is 14.9 Å². The number of unbranched alkanes of at least 4 members (excludes halogenated alkanes) is 1. The molecule has 270 valence electrons. The summed E-state index contributed by atoms with van der Waals surface area (Å²) in [6.45, 7) is 4.80. The second kappa shape index (κ2) is 16.5. The monoisotopic (exact) mass is 704 g/mol. The van der Waals surface area contributed by atoms with Gasteiger partial charge in [-0.2, -0.15) is 4.31 Å². The molecule has 3 aliphatic rings. The molecular weight excluding hydrogens is 656 g/mol. The Morgan fingerprint density at radius 1 is 1.10 bits per heavy atom. The number of carbonyl (C=O) groups is 2. The topological polar surface area (TPSA) is 188 Å². The Morgan fingerprint density at radius 3 is 2.65 bits per heavy atom. The molecule has 2 aromatic rings. The molecule has 49 heavy (non-hydrogen) atoms. The zero-order valence-electron chi connectivity index (χ0n) is 28.0. The third-order valence-corrected chi connectivity index (χ3v) is 10.9. The van der Waals surface area contributed by atoms with Crippen LogP contribution in [0, 0.1) is 11.3 Å². The Balaban J connectivity index is 1.34. The van der Waals surface area contributed by atoms with Crippen LogP contribution in [0.25, 0.3) is 0 Å². The molecule has 0 saturated carbocycles. The fourth-order valence-corrected chi connectivity index (χ4v) is 8.04. The molecule has 0 radical (unpaired) electrons. The number of ether oxygens (including phenoxy) is 5. The lowest BCUT2D eigenvalue weighted by molar-refractivity contribution is -0.119. The summed E-state index contributed by atoms with van der Waals surface area (Å²) in [6, 6.07) is 12.9. The highest BCUT2D eigenvalue weighted by molar-refractivity contribution is 7.89. The first-order chi connectivity index (χ1) is 23.4. The van der Waals surface area contributed by atoms with Gasteiger partial charge in [-0.1, -0.05) is 50.6 Å². The summed E-state index contributed by atoms with van der Waals surface area (Å²) in [5, 5.41) is 17.3. The Morgan fingerprint density at radius 2 is 1.88 bits per heavy atom. The highest BCUT2D eigenvalue weighted by atomic mass is 32.2. The number of hydrogen-bond acceptors (Lipinski definition) is 11. The maximum atomic E-state index is 14.3. The number of hydrogen-bond donors (Lipinski definition) is 4. The van der Waals surface area contributed by atoms with Gasteiger partial charge >= 0.3 is 6.09 Å². The first-order valence-corrected chi connectivity index (χ1v) is 18.2. The predicted octanol–water partition coefficient (Wildman–Crippen LogP) is 2.14. The molecule has 5 N–H and O–H groups in total. The molecule has 3 aliphatic heterocycles. The van der Waals surface area contributed by atoms with Crippen LogP contribution in [-0.4, -0.2) is 101 Å². The van der Waals surface area contributed by atoms with Crippen molar-refractivity contribution < 1.29 is 46.8 Å². The van der Waals surface area contributed by atoms with Crippen LogP contribution in [0.2, 0.25) is 0 Å². The van der Waals surface area contributed by atoms with Crippen molar-refractivity contribution >= 4 is 22.0 Å². The third-order valence-electron chi connectivity index (χ3n) is 9.07. The van der Waals surface area contributed by atoms with Crippen LogP contribution in [0.1, 0.15) is 45.1 Å². The number of amides is 2. The molecule has 0 unspecified atom stereocenters. The molecule has 2 aromatic carbocycles. The van der Waals surface area contributed by atoms with Crippen LogP contribution in [0.15, 0.2) is 53.4 Å². The summed E-state index contributed by atoms with van der Waals surface area (Å²) in [4.78, 5) is 24.7. The smallest absolute Gasteiger partial charge is 0.407 e. The summed E-state index contributed by atoms with van der Waals surface area (Å²) < 4.78 is 57.6. The largest absolute Gasteiger partial charge is 0.454 e. The van der Waals surface area contributed by atoms with Gasteiger partial charge in [-0.3, -0.25) is 4.79 Å². The lowest BCUT2D eigenvalue weighted by atomic mass is 9.87. The van der Waals surface area contributed by atoms with Gasteiger partial charge in [0.1, 0.15) is 6.10 Å². The number of carbonyl (C=O) groups excluding carboxylic acids is 2. The van der Waals surface area contributed by atoms with Crippen LogP contribution in [0.3, 0.4) is 0 Å². The van der Waals surface area contributed by atoms with Crippen LogP contribution in [0.4, 0.5) is 4.79 Å². The molecular formula is C34H48N4O10S. The van der Waals surface area contributed by atoms with Gasteiger partial charge in [-0.05, 0) is 48.8 Å². The summed E-state index contributed by atoms with van der Waals surface area (Å²) in [5.41, 5.74) is 5.68. The van der Waals surface area contributed by atoms with Crippen molar-refractivity contribution in [3.63, 3.8) is 0 Å². The van der Waals surface area contributed by atoms with E-state index in [1.807, 2.05) is 44.2 Å². The zero-order valence-corrected chi connectivity index (χ0v) is 28.9. The van der Waals surface area contributed by atoms with Crippen molar-refractivity contribution in [3.05, 3.63) is 54.1 Å². The van der Waals surface area contributed by atoms with Gasteiger partial charge in [-0.15, -0.1) is 0 Å². The summed E-state index contributed by atoms with van der Waals surface area (Å²) in [7, 11) is -4.17. The highest BCUT2D eigenvalue weighted by Gasteiger charge is 2.44. The Labute approximate surface area is 287 Å². The first-order valence-electron chi connectivity index (χ1n) is 16.7. The maximum Gasteiger partial charge on any atom is 0.407 e. The Bertz CT molecular complexity index is 1530. The van der Waals surface area contributed by atoms with Gasteiger partial charge in [0.25, 0.3) is 0 Å². The SMILES string of the molecule is CC(C)(CCCCNC(=O)CN)CN(C[C@@H](O)[C@H](Cc1ccccc1)NC(=O)O[C@@H]1CO[C@H]2OCC[C@H]21)S(=O)(=O)c1ccc2c(c1)OCO2. The van der Waals surface area contributed by atoms with E-state index in [2.05, 4.69) is 10.6 Å². The number of nitrogens with one attached hydrogen (secondary N) is 2. The molecule has 15 heteroatoms. The summed E-state index contributed by atoms with van der Waals surface area (Å²) in [6.07, 6.45) is 0.0579. The summed E-state index contributed by atoms with van der Waals surface area (Å²) >= 11 is 0. The molecule has 0 bridgehead atoms. The van der Waals surface area contributed by atoms with E-state index >= 15 is 0 Å². The van der Waals surface area contributed by atoms with E-state index in [1.165, 1.54) is 16.4 Å². The van der Waals surface area contributed by atoms with E-state index in [1.54, 1.807) is 6.07 Å². The fourth-order valence-electron chi connectivity index (χ4n) is 6.38. The number of fused-ring (bicyclic) bond motifs is 2. The number of benzene rings is 2. The van der Waals surface area contributed by atoms with Crippen LogP contribution < -0.4 is 25.8 Å². The number of nitrogens with two attached hydrogens (primary N) is 1. The maximum absolute atomic E-state index is 14.3.